The lowest BCUT2D eigenvalue weighted by atomic mass is 9.95. The lowest BCUT2D eigenvalue weighted by Gasteiger charge is -2.16. The van der Waals surface area contributed by atoms with Gasteiger partial charge in [0.1, 0.15) is 0 Å². The van der Waals surface area contributed by atoms with Gasteiger partial charge in [0, 0.05) is 11.3 Å². The second kappa shape index (κ2) is 9.20. The first-order valence-electron chi connectivity index (χ1n) is 9.10. The fourth-order valence-corrected chi connectivity index (χ4v) is 3.13. The van der Waals surface area contributed by atoms with Crippen LogP contribution in [0.15, 0.2) is 78.9 Å². The molecule has 0 saturated heterocycles. The van der Waals surface area contributed by atoms with Crippen LogP contribution in [0.1, 0.15) is 35.2 Å². The van der Waals surface area contributed by atoms with Gasteiger partial charge in [-0.1, -0.05) is 67.1 Å². The Morgan fingerprint density at radius 3 is 2.18 bits per heavy atom. The van der Waals surface area contributed by atoms with Crippen LogP contribution in [-0.4, -0.2) is 11.8 Å². The number of anilines is 2. The highest BCUT2D eigenvalue weighted by molar-refractivity contribution is 6.34. The van der Waals surface area contributed by atoms with Crippen molar-refractivity contribution in [3.63, 3.8) is 0 Å². The molecule has 2 N–H and O–H groups in total. The van der Waals surface area contributed by atoms with E-state index >= 15 is 0 Å². The summed E-state index contributed by atoms with van der Waals surface area (Å²) >= 11 is 6.25. The molecule has 0 heterocycles. The highest BCUT2D eigenvalue weighted by Gasteiger charge is 2.20. The second-order valence-electron chi connectivity index (χ2n) is 6.38. The number of nitrogens with one attached hydrogen (secondary N) is 2. The average Bonchev–Trinajstić information content (AvgIpc) is 2.71. The molecule has 0 aliphatic rings. The van der Waals surface area contributed by atoms with Crippen molar-refractivity contribution in [2.75, 3.05) is 10.6 Å². The van der Waals surface area contributed by atoms with Crippen molar-refractivity contribution >= 4 is 34.8 Å². The molecule has 2 amide bonds. The normalized spacial score (nSPS) is 11.5. The van der Waals surface area contributed by atoms with Crippen LogP contribution in [-0.2, 0) is 4.79 Å². The molecular weight excluding hydrogens is 372 g/mol. The molecule has 0 aromatic heterocycles. The van der Waals surface area contributed by atoms with Gasteiger partial charge in [-0.05, 0) is 42.3 Å². The summed E-state index contributed by atoms with van der Waals surface area (Å²) in [4.78, 5) is 25.3. The van der Waals surface area contributed by atoms with Crippen molar-refractivity contribution in [2.24, 2.45) is 0 Å². The third-order valence-electron chi connectivity index (χ3n) is 4.44. The number of halogens is 1. The Labute approximate surface area is 169 Å². The van der Waals surface area contributed by atoms with Crippen molar-refractivity contribution in [2.45, 2.75) is 19.3 Å². The van der Waals surface area contributed by atoms with E-state index in [-0.39, 0.29) is 17.7 Å². The van der Waals surface area contributed by atoms with Crippen LogP contribution in [0.2, 0.25) is 5.02 Å². The number of hydrogen-bond acceptors (Lipinski definition) is 2. The van der Waals surface area contributed by atoms with Crippen molar-refractivity contribution in [3.05, 3.63) is 95.0 Å². The number of hydrogen-bond donors (Lipinski definition) is 2. The van der Waals surface area contributed by atoms with Gasteiger partial charge >= 0.3 is 0 Å². The molecular formula is C23H21ClN2O2. The van der Waals surface area contributed by atoms with Gasteiger partial charge in [0.2, 0.25) is 5.91 Å². The van der Waals surface area contributed by atoms with E-state index in [1.165, 1.54) is 0 Å². The number of rotatable bonds is 6. The van der Waals surface area contributed by atoms with Gasteiger partial charge in [-0.15, -0.1) is 0 Å². The fraction of sp³-hybridized carbons (Fsp3) is 0.130. The predicted octanol–water partition coefficient (Wildman–Crippen LogP) is 5.72. The maximum atomic E-state index is 12.8. The Bertz CT molecular complexity index is 959. The van der Waals surface area contributed by atoms with Crippen LogP contribution in [0, 0.1) is 0 Å². The van der Waals surface area contributed by atoms with Crippen molar-refractivity contribution in [3.8, 4) is 0 Å². The molecule has 0 spiro atoms. The summed E-state index contributed by atoms with van der Waals surface area (Å²) in [6.45, 7) is 1.96. The summed E-state index contributed by atoms with van der Waals surface area (Å²) in [5.41, 5.74) is 2.47. The van der Waals surface area contributed by atoms with Crippen LogP contribution < -0.4 is 10.6 Å². The quantitative estimate of drug-likeness (QED) is 0.563. The Hall–Kier alpha value is -3.11. The molecule has 4 nitrogen and oxygen atoms in total. The first-order chi connectivity index (χ1) is 13.6. The number of para-hydroxylation sites is 1. The molecule has 0 aliphatic carbocycles. The molecule has 0 radical (unpaired) electrons. The van der Waals surface area contributed by atoms with Gasteiger partial charge in [0.15, 0.2) is 0 Å². The Kier molecular flexibility index (Phi) is 6.45. The number of carbonyl (C=O) groups excluding carboxylic acids is 2. The summed E-state index contributed by atoms with van der Waals surface area (Å²) < 4.78 is 0. The zero-order chi connectivity index (χ0) is 19.9. The van der Waals surface area contributed by atoms with E-state index in [1.54, 1.807) is 18.2 Å². The van der Waals surface area contributed by atoms with Gasteiger partial charge in [0.05, 0.1) is 16.6 Å². The monoisotopic (exact) mass is 392 g/mol. The van der Waals surface area contributed by atoms with Crippen molar-refractivity contribution in [1.82, 2.24) is 0 Å². The summed E-state index contributed by atoms with van der Waals surface area (Å²) in [6, 6.07) is 23.6. The highest BCUT2D eigenvalue weighted by atomic mass is 35.5. The third kappa shape index (κ3) is 4.78. The molecule has 1 atom stereocenters. The fourth-order valence-electron chi connectivity index (χ4n) is 2.96. The minimum atomic E-state index is -0.293. The molecule has 0 saturated carbocycles. The molecule has 0 fully saturated rings. The van der Waals surface area contributed by atoms with E-state index in [9.17, 15) is 9.59 Å². The Morgan fingerprint density at radius 1 is 0.893 bits per heavy atom. The standard InChI is InChI=1S/C23H21ClN2O2/c1-2-19(16-9-5-3-6-10-16)23(28)26-21-15-17(13-14-20(21)24)22(27)25-18-11-7-4-8-12-18/h3-15,19H,2H2,1H3,(H,25,27)(H,26,28)/t19-/m1/s1. The van der Waals surface area contributed by atoms with Crippen molar-refractivity contribution in [1.29, 1.82) is 0 Å². The van der Waals surface area contributed by atoms with Crippen LogP contribution in [0.25, 0.3) is 0 Å². The Balaban J connectivity index is 1.77. The summed E-state index contributed by atoms with van der Waals surface area (Å²) in [5.74, 6) is -0.719. The molecule has 3 aromatic rings. The van der Waals surface area contributed by atoms with E-state index in [2.05, 4.69) is 10.6 Å². The van der Waals surface area contributed by atoms with E-state index in [0.717, 1.165) is 5.56 Å². The molecule has 3 aromatic carbocycles. The molecule has 0 unspecified atom stereocenters. The van der Waals surface area contributed by atoms with Crippen LogP contribution in [0.4, 0.5) is 11.4 Å². The first-order valence-corrected chi connectivity index (χ1v) is 9.48. The third-order valence-corrected chi connectivity index (χ3v) is 4.77. The minimum Gasteiger partial charge on any atom is -0.324 e. The zero-order valence-corrected chi connectivity index (χ0v) is 16.2. The van der Waals surface area contributed by atoms with Crippen LogP contribution >= 0.6 is 11.6 Å². The number of benzene rings is 3. The van der Waals surface area contributed by atoms with E-state index in [0.29, 0.717) is 28.4 Å². The molecule has 5 heteroatoms. The minimum absolute atomic E-state index is 0.156. The summed E-state index contributed by atoms with van der Waals surface area (Å²) in [6.07, 6.45) is 0.654. The maximum Gasteiger partial charge on any atom is 0.255 e. The molecule has 142 valence electrons. The molecule has 0 aliphatic heterocycles. The zero-order valence-electron chi connectivity index (χ0n) is 15.5. The largest absolute Gasteiger partial charge is 0.324 e. The molecule has 3 rings (SSSR count). The lowest BCUT2D eigenvalue weighted by molar-refractivity contribution is -0.117. The highest BCUT2D eigenvalue weighted by Crippen LogP contribution is 2.27. The maximum absolute atomic E-state index is 12.8. The van der Waals surface area contributed by atoms with E-state index in [1.807, 2.05) is 67.6 Å². The first kappa shape index (κ1) is 19.6. The molecule has 0 bridgehead atoms. The lowest BCUT2D eigenvalue weighted by Crippen LogP contribution is -2.21. The smallest absolute Gasteiger partial charge is 0.255 e. The molecule has 28 heavy (non-hydrogen) atoms. The van der Waals surface area contributed by atoms with E-state index in [4.69, 9.17) is 11.6 Å². The SMILES string of the molecule is CC[C@@H](C(=O)Nc1cc(C(=O)Nc2ccccc2)ccc1Cl)c1ccccc1. The van der Waals surface area contributed by atoms with Gasteiger partial charge in [-0.3, -0.25) is 9.59 Å². The van der Waals surface area contributed by atoms with Gasteiger partial charge in [0.25, 0.3) is 5.91 Å². The summed E-state index contributed by atoms with van der Waals surface area (Å²) in [7, 11) is 0. The second-order valence-corrected chi connectivity index (χ2v) is 6.78. The van der Waals surface area contributed by atoms with Gasteiger partial charge < -0.3 is 10.6 Å². The van der Waals surface area contributed by atoms with Crippen LogP contribution in [0.3, 0.4) is 0 Å². The topological polar surface area (TPSA) is 58.2 Å². The number of amides is 2. The Morgan fingerprint density at radius 2 is 1.54 bits per heavy atom. The van der Waals surface area contributed by atoms with Gasteiger partial charge in [-0.2, -0.15) is 0 Å². The van der Waals surface area contributed by atoms with Crippen molar-refractivity contribution < 1.29 is 9.59 Å². The average molecular weight is 393 g/mol. The predicted molar refractivity (Wildman–Crippen MR) is 114 cm³/mol. The van der Waals surface area contributed by atoms with Crippen LogP contribution in [0.5, 0.6) is 0 Å². The number of carbonyl (C=O) groups is 2. The van der Waals surface area contributed by atoms with Gasteiger partial charge in [-0.25, -0.2) is 0 Å². The van der Waals surface area contributed by atoms with E-state index < -0.39 is 0 Å². The summed E-state index contributed by atoms with van der Waals surface area (Å²) in [5, 5.41) is 6.07.